The van der Waals surface area contributed by atoms with Crippen molar-refractivity contribution in [2.75, 3.05) is 32.8 Å². The quantitative estimate of drug-likeness (QED) is 0.640. The lowest BCUT2D eigenvalue weighted by atomic mass is 10.0. The molecule has 4 rings (SSSR count). The van der Waals surface area contributed by atoms with Gasteiger partial charge in [0.2, 0.25) is 5.91 Å². The molecule has 6 heteroatoms. The van der Waals surface area contributed by atoms with Gasteiger partial charge in [0.25, 0.3) is 0 Å². The van der Waals surface area contributed by atoms with E-state index in [1.165, 1.54) is 0 Å². The third-order valence-electron chi connectivity index (χ3n) is 5.86. The second kappa shape index (κ2) is 9.90. The molecule has 0 radical (unpaired) electrons. The first kappa shape index (κ1) is 21.3. The van der Waals surface area contributed by atoms with E-state index < -0.39 is 0 Å². The molecule has 1 aromatic heterocycles. The smallest absolute Gasteiger partial charge is 0.225 e. The van der Waals surface area contributed by atoms with Gasteiger partial charge in [-0.3, -0.25) is 9.69 Å². The third-order valence-corrected chi connectivity index (χ3v) is 5.86. The monoisotopic (exact) mass is 418 g/mol. The van der Waals surface area contributed by atoms with Gasteiger partial charge in [-0.05, 0) is 31.5 Å². The van der Waals surface area contributed by atoms with Gasteiger partial charge in [0, 0.05) is 30.9 Å². The lowest BCUT2D eigenvalue weighted by molar-refractivity contribution is -0.121. The van der Waals surface area contributed by atoms with Gasteiger partial charge >= 0.3 is 0 Å². The number of carbonyl (C=O) groups is 1. The van der Waals surface area contributed by atoms with Crippen molar-refractivity contribution in [2.24, 2.45) is 0 Å². The molecule has 2 heterocycles. The Hall–Kier alpha value is -2.96. The van der Waals surface area contributed by atoms with Crippen molar-refractivity contribution < 1.29 is 9.53 Å². The number of amides is 1. The van der Waals surface area contributed by atoms with Gasteiger partial charge in [-0.25, -0.2) is 4.68 Å². The number of aromatic nitrogens is 2. The predicted molar refractivity (Wildman–Crippen MR) is 121 cm³/mol. The summed E-state index contributed by atoms with van der Waals surface area (Å²) in [7, 11) is 0. The highest BCUT2D eigenvalue weighted by Gasteiger charge is 2.22. The van der Waals surface area contributed by atoms with Gasteiger partial charge in [-0.15, -0.1) is 0 Å². The molecule has 1 N–H and O–H groups in total. The molecule has 31 heavy (non-hydrogen) atoms. The number of nitrogens with one attached hydrogen (secondary N) is 1. The van der Waals surface area contributed by atoms with Crippen molar-refractivity contribution in [1.82, 2.24) is 20.0 Å². The van der Waals surface area contributed by atoms with Gasteiger partial charge in [0.1, 0.15) is 0 Å². The highest BCUT2D eigenvalue weighted by Crippen LogP contribution is 2.20. The van der Waals surface area contributed by atoms with E-state index >= 15 is 0 Å². The molecule has 0 saturated carbocycles. The number of hydrogen-bond donors (Lipinski definition) is 1. The average molecular weight is 419 g/mol. The average Bonchev–Trinajstić information content (AvgIpc) is 3.09. The first-order valence-electron chi connectivity index (χ1n) is 10.9. The minimum atomic E-state index is -0.0587. The second-order valence-corrected chi connectivity index (χ2v) is 8.02. The maximum Gasteiger partial charge on any atom is 0.225 e. The molecule has 2 aromatic carbocycles. The first-order chi connectivity index (χ1) is 15.1. The number of aryl methyl sites for hydroxylation is 1. The van der Waals surface area contributed by atoms with E-state index in [0.717, 1.165) is 61.1 Å². The van der Waals surface area contributed by atoms with Crippen LogP contribution in [0.25, 0.3) is 5.69 Å². The van der Waals surface area contributed by atoms with Gasteiger partial charge < -0.3 is 10.1 Å². The van der Waals surface area contributed by atoms with Crippen LogP contribution in [0.4, 0.5) is 0 Å². The van der Waals surface area contributed by atoms with Crippen molar-refractivity contribution in [2.45, 2.75) is 26.3 Å². The number of carbonyl (C=O) groups excluding carboxylic acids is 1. The summed E-state index contributed by atoms with van der Waals surface area (Å²) in [5.41, 5.74) is 5.00. The normalized spacial score (nSPS) is 15.5. The fourth-order valence-electron chi connectivity index (χ4n) is 4.12. The van der Waals surface area contributed by atoms with Crippen LogP contribution in [-0.2, 0) is 16.0 Å². The summed E-state index contributed by atoms with van der Waals surface area (Å²) in [5.74, 6) is 0.0147. The molecule has 0 unspecified atom stereocenters. The lowest BCUT2D eigenvalue weighted by Crippen LogP contribution is -2.43. The highest BCUT2D eigenvalue weighted by atomic mass is 16.5. The Balaban J connectivity index is 1.49. The standard InChI is InChI=1S/C25H30N4O2/c1-19-23(20(2)29(27-19)22-11-7-4-8-12-22)17-25(30)26-24(21-9-5-3-6-10-21)18-28-13-15-31-16-14-28/h3-12,24H,13-18H2,1-2H3,(H,26,30)/t24-/m0/s1. The summed E-state index contributed by atoms with van der Waals surface area (Å²) in [4.78, 5) is 15.4. The summed E-state index contributed by atoms with van der Waals surface area (Å²) in [6.45, 7) is 8.04. The number of para-hydroxylation sites is 1. The van der Waals surface area contributed by atoms with Crippen LogP contribution in [0.15, 0.2) is 60.7 Å². The molecule has 1 amide bonds. The topological polar surface area (TPSA) is 59.4 Å². The van der Waals surface area contributed by atoms with Crippen LogP contribution in [0.2, 0.25) is 0 Å². The molecule has 0 spiro atoms. The van der Waals surface area contributed by atoms with Crippen LogP contribution in [0, 0.1) is 13.8 Å². The summed E-state index contributed by atoms with van der Waals surface area (Å²) < 4.78 is 7.39. The Kier molecular flexibility index (Phi) is 6.79. The Bertz CT molecular complexity index is 995. The van der Waals surface area contributed by atoms with E-state index in [0.29, 0.717) is 6.42 Å². The van der Waals surface area contributed by atoms with Crippen LogP contribution in [-0.4, -0.2) is 53.4 Å². The zero-order valence-electron chi connectivity index (χ0n) is 18.3. The molecule has 1 saturated heterocycles. The predicted octanol–water partition coefficient (Wildman–Crippen LogP) is 3.22. The molecule has 1 fully saturated rings. The first-order valence-corrected chi connectivity index (χ1v) is 10.9. The van der Waals surface area contributed by atoms with Gasteiger partial charge in [-0.2, -0.15) is 5.10 Å². The molecule has 1 atom stereocenters. The van der Waals surface area contributed by atoms with E-state index in [1.807, 2.05) is 67.1 Å². The molecule has 0 aliphatic carbocycles. The van der Waals surface area contributed by atoms with Crippen LogP contribution in [0.5, 0.6) is 0 Å². The zero-order valence-corrected chi connectivity index (χ0v) is 18.3. The summed E-state index contributed by atoms with van der Waals surface area (Å²) in [5, 5.41) is 7.95. The molecular formula is C25H30N4O2. The maximum atomic E-state index is 13.1. The number of ether oxygens (including phenoxy) is 1. The second-order valence-electron chi connectivity index (χ2n) is 8.02. The van der Waals surface area contributed by atoms with Gasteiger partial charge in [0.15, 0.2) is 0 Å². The summed E-state index contributed by atoms with van der Waals surface area (Å²) >= 11 is 0. The van der Waals surface area contributed by atoms with Crippen LogP contribution in [0.3, 0.4) is 0 Å². The fraction of sp³-hybridized carbons (Fsp3) is 0.360. The minimum absolute atomic E-state index is 0.0147. The summed E-state index contributed by atoms with van der Waals surface area (Å²) in [6.07, 6.45) is 0.316. The van der Waals surface area contributed by atoms with Crippen molar-refractivity contribution in [3.8, 4) is 5.69 Å². The van der Waals surface area contributed by atoms with Gasteiger partial charge in [-0.1, -0.05) is 48.5 Å². The Morgan fingerprint density at radius 3 is 2.35 bits per heavy atom. The Morgan fingerprint density at radius 2 is 1.68 bits per heavy atom. The number of hydrogen-bond acceptors (Lipinski definition) is 4. The van der Waals surface area contributed by atoms with E-state index in [9.17, 15) is 4.79 Å². The molecule has 0 bridgehead atoms. The lowest BCUT2D eigenvalue weighted by Gasteiger charge is -2.31. The molecule has 1 aliphatic heterocycles. The SMILES string of the molecule is Cc1nn(-c2ccccc2)c(C)c1CC(=O)N[C@@H](CN1CCOCC1)c1ccccc1. The number of rotatable bonds is 7. The molecule has 6 nitrogen and oxygen atoms in total. The van der Waals surface area contributed by atoms with E-state index in [1.54, 1.807) is 0 Å². The van der Waals surface area contributed by atoms with Crippen LogP contribution < -0.4 is 5.32 Å². The van der Waals surface area contributed by atoms with Crippen molar-refractivity contribution in [3.63, 3.8) is 0 Å². The van der Waals surface area contributed by atoms with E-state index in [-0.39, 0.29) is 11.9 Å². The van der Waals surface area contributed by atoms with Crippen molar-refractivity contribution >= 4 is 5.91 Å². The molecule has 162 valence electrons. The number of nitrogens with zero attached hydrogens (tertiary/aromatic N) is 3. The Labute approximate surface area is 183 Å². The summed E-state index contributed by atoms with van der Waals surface area (Å²) in [6, 6.07) is 20.2. The van der Waals surface area contributed by atoms with Crippen molar-refractivity contribution in [1.29, 1.82) is 0 Å². The molecule has 3 aromatic rings. The zero-order chi connectivity index (χ0) is 21.6. The highest BCUT2D eigenvalue weighted by molar-refractivity contribution is 5.79. The Morgan fingerprint density at radius 1 is 1.03 bits per heavy atom. The molecular weight excluding hydrogens is 388 g/mol. The maximum absolute atomic E-state index is 13.1. The molecule has 1 aliphatic rings. The fourth-order valence-corrected chi connectivity index (χ4v) is 4.12. The van der Waals surface area contributed by atoms with E-state index in [4.69, 9.17) is 4.74 Å². The number of benzene rings is 2. The van der Waals surface area contributed by atoms with Crippen LogP contribution in [0.1, 0.15) is 28.6 Å². The van der Waals surface area contributed by atoms with Gasteiger partial charge in [0.05, 0.1) is 37.1 Å². The number of morpholine rings is 1. The minimum Gasteiger partial charge on any atom is -0.379 e. The van der Waals surface area contributed by atoms with Crippen LogP contribution >= 0.6 is 0 Å². The third kappa shape index (κ3) is 5.21. The van der Waals surface area contributed by atoms with Crippen molar-refractivity contribution in [3.05, 3.63) is 83.2 Å². The van der Waals surface area contributed by atoms with E-state index in [2.05, 4.69) is 27.4 Å². The largest absolute Gasteiger partial charge is 0.379 e.